The summed E-state index contributed by atoms with van der Waals surface area (Å²) in [6.45, 7) is 7.49. The van der Waals surface area contributed by atoms with E-state index in [0.29, 0.717) is 29.2 Å². The molecule has 0 aromatic heterocycles. The average molecular weight is 504 g/mol. The zero-order valence-electron chi connectivity index (χ0n) is 22.3. The van der Waals surface area contributed by atoms with E-state index in [1.165, 1.54) is 14.2 Å². The molecular formula is C27H37NO8. The number of likely N-dealkylation sites (N-methyl/N-ethyl adjacent to an activating group) is 1. The Kier molecular flexibility index (Phi) is 9.98. The SMILES string of the molecule is COc1ccc(COCc2c(CC(C(=O)O)N(C)C(=O)OC(C)(C)C)cc(C)c(OC)c2OC)cc1. The van der Waals surface area contributed by atoms with Crippen molar-refractivity contribution in [2.24, 2.45) is 0 Å². The molecule has 2 aromatic rings. The summed E-state index contributed by atoms with van der Waals surface area (Å²) in [5.41, 5.74) is 2.28. The molecule has 0 bridgehead atoms. The van der Waals surface area contributed by atoms with Crippen LogP contribution in [0.4, 0.5) is 4.79 Å². The van der Waals surface area contributed by atoms with Crippen LogP contribution in [0.2, 0.25) is 0 Å². The number of carbonyl (C=O) groups is 2. The lowest BCUT2D eigenvalue weighted by Gasteiger charge is -2.29. The fraction of sp³-hybridized carbons (Fsp3) is 0.481. The second-order valence-electron chi connectivity index (χ2n) is 9.39. The van der Waals surface area contributed by atoms with Gasteiger partial charge in [-0.2, -0.15) is 0 Å². The van der Waals surface area contributed by atoms with Crippen LogP contribution in [0.5, 0.6) is 17.2 Å². The van der Waals surface area contributed by atoms with Gasteiger partial charge in [0.05, 0.1) is 34.5 Å². The number of amides is 1. The van der Waals surface area contributed by atoms with Crippen LogP contribution < -0.4 is 14.2 Å². The van der Waals surface area contributed by atoms with E-state index < -0.39 is 23.7 Å². The minimum atomic E-state index is -1.17. The van der Waals surface area contributed by atoms with Crippen LogP contribution >= 0.6 is 0 Å². The zero-order chi connectivity index (χ0) is 27.0. The van der Waals surface area contributed by atoms with Gasteiger partial charge in [0.1, 0.15) is 17.4 Å². The first-order valence-corrected chi connectivity index (χ1v) is 11.5. The Hall–Kier alpha value is -3.46. The molecule has 1 unspecified atom stereocenters. The van der Waals surface area contributed by atoms with Gasteiger partial charge in [-0.05, 0) is 56.5 Å². The summed E-state index contributed by atoms with van der Waals surface area (Å²) >= 11 is 0. The topological polar surface area (TPSA) is 104 Å². The number of aryl methyl sites for hydroxylation is 1. The molecule has 1 amide bonds. The van der Waals surface area contributed by atoms with Gasteiger partial charge in [-0.25, -0.2) is 9.59 Å². The van der Waals surface area contributed by atoms with Crippen molar-refractivity contribution in [3.05, 3.63) is 52.6 Å². The number of benzene rings is 2. The Morgan fingerprint density at radius 1 is 0.972 bits per heavy atom. The quantitative estimate of drug-likeness (QED) is 0.475. The second-order valence-corrected chi connectivity index (χ2v) is 9.39. The van der Waals surface area contributed by atoms with Crippen molar-refractivity contribution in [3.63, 3.8) is 0 Å². The first-order valence-electron chi connectivity index (χ1n) is 11.5. The molecule has 0 fully saturated rings. The summed E-state index contributed by atoms with van der Waals surface area (Å²) in [5.74, 6) is 0.601. The van der Waals surface area contributed by atoms with Crippen LogP contribution in [0.3, 0.4) is 0 Å². The molecule has 0 saturated heterocycles. The van der Waals surface area contributed by atoms with Crippen molar-refractivity contribution in [1.29, 1.82) is 0 Å². The molecule has 0 aliphatic heterocycles. The van der Waals surface area contributed by atoms with Crippen molar-refractivity contribution in [2.75, 3.05) is 28.4 Å². The highest BCUT2D eigenvalue weighted by atomic mass is 16.6. The van der Waals surface area contributed by atoms with E-state index in [9.17, 15) is 14.7 Å². The molecule has 0 heterocycles. The van der Waals surface area contributed by atoms with Crippen LogP contribution in [0.25, 0.3) is 0 Å². The molecule has 198 valence electrons. The number of aliphatic carboxylic acids is 1. The molecular weight excluding hydrogens is 466 g/mol. The van der Waals surface area contributed by atoms with Crippen molar-refractivity contribution in [1.82, 2.24) is 4.90 Å². The van der Waals surface area contributed by atoms with Crippen LogP contribution in [0.1, 0.15) is 43.0 Å². The standard InChI is InChI=1S/C27H37NO8/c1-17-13-19(14-22(25(29)30)28(5)26(31)36-27(2,3)4)21(24(34-8)23(17)33-7)16-35-15-18-9-11-20(32-6)12-10-18/h9-13,22H,14-16H2,1-8H3,(H,29,30). The summed E-state index contributed by atoms with van der Waals surface area (Å²) in [6, 6.07) is 8.18. The predicted molar refractivity (Wildman–Crippen MR) is 135 cm³/mol. The summed E-state index contributed by atoms with van der Waals surface area (Å²) in [6.07, 6.45) is -0.697. The minimum Gasteiger partial charge on any atom is -0.497 e. The lowest BCUT2D eigenvalue weighted by Crippen LogP contribution is -2.46. The summed E-state index contributed by atoms with van der Waals surface area (Å²) in [5, 5.41) is 9.96. The van der Waals surface area contributed by atoms with Crippen molar-refractivity contribution in [2.45, 2.75) is 59.0 Å². The number of methoxy groups -OCH3 is 3. The molecule has 1 N–H and O–H groups in total. The van der Waals surface area contributed by atoms with E-state index in [0.717, 1.165) is 21.8 Å². The number of carbonyl (C=O) groups excluding carboxylic acids is 1. The maximum absolute atomic E-state index is 12.6. The van der Waals surface area contributed by atoms with E-state index in [1.54, 1.807) is 35.0 Å². The summed E-state index contributed by atoms with van der Waals surface area (Å²) in [7, 11) is 6.09. The fourth-order valence-electron chi connectivity index (χ4n) is 3.74. The number of carboxylic acids is 1. The number of ether oxygens (including phenoxy) is 5. The van der Waals surface area contributed by atoms with Gasteiger partial charge in [-0.1, -0.05) is 18.2 Å². The van der Waals surface area contributed by atoms with Gasteiger partial charge in [0.2, 0.25) is 0 Å². The number of nitrogens with zero attached hydrogens (tertiary/aromatic N) is 1. The Balaban J connectivity index is 2.37. The molecule has 1 atom stereocenters. The molecule has 9 nitrogen and oxygen atoms in total. The van der Waals surface area contributed by atoms with Gasteiger partial charge in [0.25, 0.3) is 0 Å². The normalized spacial score (nSPS) is 12.0. The van der Waals surface area contributed by atoms with Crippen LogP contribution in [0, 0.1) is 6.92 Å². The Morgan fingerprint density at radius 2 is 1.58 bits per heavy atom. The zero-order valence-corrected chi connectivity index (χ0v) is 22.3. The smallest absolute Gasteiger partial charge is 0.410 e. The number of hydrogen-bond acceptors (Lipinski definition) is 7. The molecule has 2 rings (SSSR count). The molecule has 0 saturated carbocycles. The second kappa shape index (κ2) is 12.5. The molecule has 2 aromatic carbocycles. The third kappa shape index (κ3) is 7.52. The minimum absolute atomic E-state index is 0.0213. The van der Waals surface area contributed by atoms with Gasteiger partial charge < -0.3 is 28.8 Å². The van der Waals surface area contributed by atoms with Crippen LogP contribution in [-0.4, -0.2) is 62.1 Å². The molecule has 0 spiro atoms. The summed E-state index contributed by atoms with van der Waals surface area (Å²) < 4.78 is 27.8. The molecule has 0 aliphatic carbocycles. The van der Waals surface area contributed by atoms with Crippen molar-refractivity contribution in [3.8, 4) is 17.2 Å². The molecule has 0 radical (unpaired) electrons. The number of carboxylic acid groups (broad SMARTS) is 1. The maximum Gasteiger partial charge on any atom is 0.410 e. The highest BCUT2D eigenvalue weighted by Gasteiger charge is 2.32. The largest absolute Gasteiger partial charge is 0.497 e. The van der Waals surface area contributed by atoms with E-state index in [2.05, 4.69) is 0 Å². The fourth-order valence-corrected chi connectivity index (χ4v) is 3.74. The lowest BCUT2D eigenvalue weighted by molar-refractivity contribution is -0.142. The van der Waals surface area contributed by atoms with Gasteiger partial charge in [0.15, 0.2) is 11.5 Å². The predicted octanol–water partition coefficient (Wildman–Crippen LogP) is 4.60. The lowest BCUT2D eigenvalue weighted by atomic mass is 9.96. The van der Waals surface area contributed by atoms with E-state index in [-0.39, 0.29) is 13.0 Å². The first-order chi connectivity index (χ1) is 16.9. The molecule has 0 aliphatic rings. The van der Waals surface area contributed by atoms with Crippen LogP contribution in [-0.2, 0) is 33.9 Å². The Morgan fingerprint density at radius 3 is 2.08 bits per heavy atom. The molecule has 36 heavy (non-hydrogen) atoms. The third-order valence-corrected chi connectivity index (χ3v) is 5.55. The highest BCUT2D eigenvalue weighted by molar-refractivity contribution is 5.80. The van der Waals surface area contributed by atoms with Gasteiger partial charge in [-0.15, -0.1) is 0 Å². The molecule has 9 heteroatoms. The van der Waals surface area contributed by atoms with E-state index in [4.69, 9.17) is 23.7 Å². The van der Waals surface area contributed by atoms with Gasteiger partial charge in [-0.3, -0.25) is 4.90 Å². The monoisotopic (exact) mass is 503 g/mol. The number of rotatable bonds is 11. The van der Waals surface area contributed by atoms with E-state index >= 15 is 0 Å². The van der Waals surface area contributed by atoms with Gasteiger partial charge >= 0.3 is 12.1 Å². The average Bonchev–Trinajstić information content (AvgIpc) is 2.81. The maximum atomic E-state index is 12.6. The van der Waals surface area contributed by atoms with Gasteiger partial charge in [0, 0.05) is 19.0 Å². The summed E-state index contributed by atoms with van der Waals surface area (Å²) in [4.78, 5) is 25.9. The third-order valence-electron chi connectivity index (χ3n) is 5.55. The van der Waals surface area contributed by atoms with E-state index in [1.807, 2.05) is 37.3 Å². The highest BCUT2D eigenvalue weighted by Crippen LogP contribution is 2.38. The van der Waals surface area contributed by atoms with Crippen molar-refractivity contribution < 1.29 is 38.4 Å². The van der Waals surface area contributed by atoms with Crippen molar-refractivity contribution >= 4 is 12.1 Å². The Bertz CT molecular complexity index is 1040. The first kappa shape index (κ1) is 28.8. The van der Waals surface area contributed by atoms with Crippen LogP contribution in [0.15, 0.2) is 30.3 Å². The Labute approximate surface area is 212 Å². The number of hydrogen-bond donors (Lipinski definition) is 1.